The molecule has 2 rings (SSSR count). The van der Waals surface area contributed by atoms with E-state index in [-0.39, 0.29) is 23.6 Å². The van der Waals surface area contributed by atoms with Crippen molar-refractivity contribution >= 4 is 11.9 Å². The van der Waals surface area contributed by atoms with Gasteiger partial charge in [0.05, 0.1) is 0 Å². The van der Waals surface area contributed by atoms with E-state index in [4.69, 9.17) is 5.11 Å². The van der Waals surface area contributed by atoms with Crippen molar-refractivity contribution in [1.29, 1.82) is 0 Å². The molecule has 1 fully saturated rings. The molecule has 0 radical (unpaired) electrons. The maximum absolute atomic E-state index is 13.6. The van der Waals surface area contributed by atoms with E-state index in [1.165, 1.54) is 12.5 Å². The van der Waals surface area contributed by atoms with Gasteiger partial charge in [0.15, 0.2) is 0 Å². The monoisotopic (exact) mass is 335 g/mol. The third-order valence-corrected chi connectivity index (χ3v) is 4.92. The third kappa shape index (κ3) is 5.32. The Balaban J connectivity index is 1.92. The van der Waals surface area contributed by atoms with Crippen molar-refractivity contribution in [2.24, 2.45) is 0 Å². The molecule has 1 saturated carbocycles. The third-order valence-electron chi connectivity index (χ3n) is 4.92. The molecule has 5 heteroatoms. The van der Waals surface area contributed by atoms with Crippen LogP contribution in [0, 0.1) is 5.82 Å². The highest BCUT2D eigenvalue weighted by Crippen LogP contribution is 2.39. The van der Waals surface area contributed by atoms with Crippen LogP contribution in [0.15, 0.2) is 24.3 Å². The number of aliphatic carboxylic acids is 1. The van der Waals surface area contributed by atoms with E-state index in [2.05, 4.69) is 5.32 Å². The van der Waals surface area contributed by atoms with Gasteiger partial charge in [0, 0.05) is 24.8 Å². The number of carboxylic acids is 1. The zero-order chi connectivity index (χ0) is 17.4. The topological polar surface area (TPSA) is 66.4 Å². The van der Waals surface area contributed by atoms with Crippen molar-refractivity contribution in [3.05, 3.63) is 35.6 Å². The maximum atomic E-state index is 13.6. The molecule has 0 unspecified atom stereocenters. The van der Waals surface area contributed by atoms with E-state index in [9.17, 15) is 14.0 Å². The molecule has 24 heavy (non-hydrogen) atoms. The lowest BCUT2D eigenvalue weighted by Gasteiger charge is -2.38. The highest BCUT2D eigenvalue weighted by Gasteiger charge is 2.34. The zero-order valence-corrected chi connectivity index (χ0v) is 14.0. The number of carbonyl (C=O) groups is 2. The Morgan fingerprint density at radius 2 is 1.83 bits per heavy atom. The number of benzene rings is 1. The number of nitrogens with one attached hydrogen (secondary N) is 1. The van der Waals surface area contributed by atoms with E-state index in [0.29, 0.717) is 25.8 Å². The predicted molar refractivity (Wildman–Crippen MR) is 90.3 cm³/mol. The minimum absolute atomic E-state index is 0.0539. The molecule has 1 aliphatic rings. The molecule has 0 spiro atoms. The Morgan fingerprint density at radius 3 is 2.50 bits per heavy atom. The Morgan fingerprint density at radius 1 is 1.12 bits per heavy atom. The number of halogens is 1. The van der Waals surface area contributed by atoms with Crippen LogP contribution in [-0.2, 0) is 15.0 Å². The largest absolute Gasteiger partial charge is 0.481 e. The van der Waals surface area contributed by atoms with Gasteiger partial charge in [-0.15, -0.1) is 0 Å². The van der Waals surface area contributed by atoms with Crippen molar-refractivity contribution in [2.45, 2.75) is 63.2 Å². The molecule has 1 amide bonds. The molecule has 132 valence electrons. The number of amides is 1. The summed E-state index contributed by atoms with van der Waals surface area (Å²) in [6, 6.07) is 6.72. The SMILES string of the molecule is O=C(O)CCCCC(=O)NCC1(c2cccc(F)c2)CCCCC1. The van der Waals surface area contributed by atoms with Crippen LogP contribution in [0.3, 0.4) is 0 Å². The number of rotatable bonds is 8. The predicted octanol–water partition coefficient (Wildman–Crippen LogP) is 3.79. The first-order valence-corrected chi connectivity index (χ1v) is 8.76. The number of hydrogen-bond acceptors (Lipinski definition) is 2. The average Bonchev–Trinajstić information content (AvgIpc) is 2.57. The van der Waals surface area contributed by atoms with Crippen molar-refractivity contribution in [3.63, 3.8) is 0 Å². The van der Waals surface area contributed by atoms with E-state index >= 15 is 0 Å². The van der Waals surface area contributed by atoms with Gasteiger partial charge < -0.3 is 10.4 Å². The zero-order valence-electron chi connectivity index (χ0n) is 14.0. The van der Waals surface area contributed by atoms with Gasteiger partial charge in [0.1, 0.15) is 5.82 Å². The minimum Gasteiger partial charge on any atom is -0.481 e. The smallest absolute Gasteiger partial charge is 0.303 e. The van der Waals surface area contributed by atoms with E-state index in [1.807, 2.05) is 6.07 Å². The Bertz CT molecular complexity index is 567. The molecule has 0 aromatic heterocycles. The lowest BCUT2D eigenvalue weighted by molar-refractivity contribution is -0.137. The molecule has 2 N–H and O–H groups in total. The summed E-state index contributed by atoms with van der Waals surface area (Å²) in [6.07, 6.45) is 6.79. The second-order valence-corrected chi connectivity index (χ2v) is 6.73. The van der Waals surface area contributed by atoms with E-state index in [1.54, 1.807) is 12.1 Å². The van der Waals surface area contributed by atoms with Crippen LogP contribution in [0.4, 0.5) is 4.39 Å². The van der Waals surface area contributed by atoms with Gasteiger partial charge in [0.25, 0.3) is 0 Å². The lowest BCUT2D eigenvalue weighted by atomic mass is 9.69. The summed E-state index contributed by atoms with van der Waals surface area (Å²) in [5, 5.41) is 11.6. The first-order chi connectivity index (χ1) is 11.5. The first-order valence-electron chi connectivity index (χ1n) is 8.76. The summed E-state index contributed by atoms with van der Waals surface area (Å²) < 4.78 is 13.6. The molecule has 0 saturated heterocycles. The molecular weight excluding hydrogens is 309 g/mol. The molecule has 1 aromatic rings. The van der Waals surface area contributed by atoms with Gasteiger partial charge in [-0.2, -0.15) is 0 Å². The van der Waals surface area contributed by atoms with Crippen LogP contribution in [0.25, 0.3) is 0 Å². The Labute approximate surface area is 142 Å². The normalized spacial score (nSPS) is 16.5. The molecule has 0 heterocycles. The fourth-order valence-electron chi connectivity index (χ4n) is 3.53. The Kier molecular flexibility index (Phi) is 6.76. The highest BCUT2D eigenvalue weighted by atomic mass is 19.1. The molecule has 0 aliphatic heterocycles. The summed E-state index contributed by atoms with van der Waals surface area (Å²) in [7, 11) is 0. The number of carboxylic acid groups (broad SMARTS) is 1. The molecule has 0 atom stereocenters. The van der Waals surface area contributed by atoms with Crippen molar-refractivity contribution < 1.29 is 19.1 Å². The lowest BCUT2D eigenvalue weighted by Crippen LogP contribution is -2.42. The highest BCUT2D eigenvalue weighted by molar-refractivity contribution is 5.76. The van der Waals surface area contributed by atoms with Crippen molar-refractivity contribution in [2.75, 3.05) is 6.54 Å². The fraction of sp³-hybridized carbons (Fsp3) is 0.579. The average molecular weight is 335 g/mol. The second-order valence-electron chi connectivity index (χ2n) is 6.73. The minimum atomic E-state index is -0.831. The van der Waals surface area contributed by atoms with Gasteiger partial charge in [-0.1, -0.05) is 31.4 Å². The van der Waals surface area contributed by atoms with Gasteiger partial charge in [-0.3, -0.25) is 9.59 Å². The first kappa shape index (κ1) is 18.4. The van der Waals surface area contributed by atoms with Crippen LogP contribution in [-0.4, -0.2) is 23.5 Å². The van der Waals surface area contributed by atoms with E-state index < -0.39 is 5.97 Å². The van der Waals surface area contributed by atoms with Crippen LogP contribution >= 0.6 is 0 Å². The van der Waals surface area contributed by atoms with Crippen LogP contribution in [0.1, 0.15) is 63.4 Å². The van der Waals surface area contributed by atoms with Gasteiger partial charge >= 0.3 is 5.97 Å². The quantitative estimate of drug-likeness (QED) is 0.710. The van der Waals surface area contributed by atoms with Crippen molar-refractivity contribution in [3.8, 4) is 0 Å². The Hall–Kier alpha value is -1.91. The van der Waals surface area contributed by atoms with Crippen LogP contribution in [0.5, 0.6) is 0 Å². The number of unbranched alkanes of at least 4 members (excludes halogenated alkanes) is 1. The maximum Gasteiger partial charge on any atom is 0.303 e. The number of hydrogen-bond donors (Lipinski definition) is 2. The molecule has 1 aliphatic carbocycles. The summed E-state index contributed by atoms with van der Waals surface area (Å²) in [4.78, 5) is 22.5. The molecule has 0 bridgehead atoms. The number of carbonyl (C=O) groups excluding carboxylic acids is 1. The molecule has 1 aromatic carbocycles. The summed E-state index contributed by atoms with van der Waals surface area (Å²) in [6.45, 7) is 0.522. The second kappa shape index (κ2) is 8.81. The van der Waals surface area contributed by atoms with Gasteiger partial charge in [-0.05, 0) is 43.4 Å². The van der Waals surface area contributed by atoms with Gasteiger partial charge in [-0.25, -0.2) is 4.39 Å². The summed E-state index contributed by atoms with van der Waals surface area (Å²) in [5.41, 5.74) is 0.783. The molecule has 4 nitrogen and oxygen atoms in total. The van der Waals surface area contributed by atoms with E-state index in [0.717, 1.165) is 31.2 Å². The summed E-state index contributed by atoms with van der Waals surface area (Å²) >= 11 is 0. The van der Waals surface area contributed by atoms with Gasteiger partial charge in [0.2, 0.25) is 5.91 Å². The van der Waals surface area contributed by atoms with Crippen LogP contribution < -0.4 is 5.32 Å². The van der Waals surface area contributed by atoms with Crippen molar-refractivity contribution in [1.82, 2.24) is 5.32 Å². The standard InChI is InChI=1S/C19H26FNO3/c20-16-8-6-7-15(13-16)19(11-4-1-5-12-19)14-21-17(22)9-2-3-10-18(23)24/h6-8,13H,1-5,9-12,14H2,(H,21,22)(H,23,24). The summed E-state index contributed by atoms with van der Waals surface area (Å²) in [5.74, 6) is -1.12. The molecular formula is C19H26FNO3. The fourth-order valence-corrected chi connectivity index (χ4v) is 3.53. The van der Waals surface area contributed by atoms with Crippen LogP contribution in [0.2, 0.25) is 0 Å².